The van der Waals surface area contributed by atoms with Gasteiger partial charge in [-0.3, -0.25) is 4.99 Å². The quantitative estimate of drug-likeness (QED) is 0.380. The highest BCUT2D eigenvalue weighted by Crippen LogP contribution is 2.14. The fourth-order valence-electron chi connectivity index (χ4n) is 0.518. The molecule has 0 aromatic carbocycles. The van der Waals surface area contributed by atoms with Crippen molar-refractivity contribution in [2.24, 2.45) is 4.99 Å². The molecular formula is C7H10ClNO. The molecule has 0 fully saturated rings. The Balaban J connectivity index is 4.61. The zero-order valence-corrected chi connectivity index (χ0v) is 6.60. The van der Waals surface area contributed by atoms with Crippen molar-refractivity contribution in [3.63, 3.8) is 0 Å². The van der Waals surface area contributed by atoms with Crippen molar-refractivity contribution < 1.29 is 5.11 Å². The Bertz CT molecular complexity index is 172. The zero-order chi connectivity index (χ0) is 8.15. The lowest BCUT2D eigenvalue weighted by Gasteiger charge is -2.04. The van der Waals surface area contributed by atoms with Gasteiger partial charge < -0.3 is 5.11 Å². The maximum Gasteiger partial charge on any atom is 0.134 e. The van der Waals surface area contributed by atoms with Crippen LogP contribution in [-0.4, -0.2) is 17.9 Å². The molecule has 0 saturated heterocycles. The number of aliphatic hydroxyl groups excluding tert-OH is 1. The zero-order valence-electron chi connectivity index (χ0n) is 5.84. The van der Waals surface area contributed by atoms with Gasteiger partial charge in [-0.25, -0.2) is 0 Å². The lowest BCUT2D eigenvalue weighted by atomic mass is 10.2. The number of aliphatic hydroxyl groups is 1. The molecule has 0 heterocycles. The third kappa shape index (κ3) is 2.33. The minimum atomic E-state index is -0.643. The lowest BCUT2D eigenvalue weighted by Crippen LogP contribution is -2.02. The Labute approximate surface area is 65.5 Å². The lowest BCUT2D eigenvalue weighted by molar-refractivity contribution is 0.235. The average molecular weight is 160 g/mol. The number of rotatable bonds is 3. The van der Waals surface area contributed by atoms with Crippen molar-refractivity contribution in [2.75, 3.05) is 0 Å². The molecule has 56 valence electrons. The van der Waals surface area contributed by atoms with Crippen molar-refractivity contribution in [3.05, 3.63) is 23.4 Å². The maximum absolute atomic E-state index is 9.01. The molecule has 0 spiro atoms. The van der Waals surface area contributed by atoms with Gasteiger partial charge in [-0.2, -0.15) is 0 Å². The van der Waals surface area contributed by atoms with E-state index in [0.29, 0.717) is 5.57 Å². The molecule has 3 heteroatoms. The van der Waals surface area contributed by atoms with Crippen LogP contribution in [-0.2, 0) is 0 Å². The highest BCUT2D eigenvalue weighted by atomic mass is 35.5. The summed E-state index contributed by atoms with van der Waals surface area (Å²) in [5, 5.41) is 9.21. The van der Waals surface area contributed by atoms with Crippen LogP contribution in [0.25, 0.3) is 0 Å². The Morgan fingerprint density at radius 1 is 1.80 bits per heavy atom. The Morgan fingerprint density at radius 3 is 2.40 bits per heavy atom. The summed E-state index contributed by atoms with van der Waals surface area (Å²) >= 11 is 5.55. The van der Waals surface area contributed by atoms with Crippen LogP contribution in [0, 0.1) is 0 Å². The van der Waals surface area contributed by atoms with Gasteiger partial charge in [0.2, 0.25) is 0 Å². The Hall–Kier alpha value is -0.600. The smallest absolute Gasteiger partial charge is 0.134 e. The first-order valence-corrected chi connectivity index (χ1v) is 3.18. The van der Waals surface area contributed by atoms with Crippen LogP contribution in [0.4, 0.5) is 0 Å². The van der Waals surface area contributed by atoms with Crippen molar-refractivity contribution in [1.29, 1.82) is 0 Å². The van der Waals surface area contributed by atoms with Crippen LogP contribution in [0.3, 0.4) is 0 Å². The topological polar surface area (TPSA) is 32.6 Å². The number of nitrogens with zero attached hydrogens (tertiary/aromatic N) is 1. The van der Waals surface area contributed by atoms with Gasteiger partial charge in [0, 0.05) is 5.57 Å². The van der Waals surface area contributed by atoms with Gasteiger partial charge in [0.25, 0.3) is 0 Å². The third-order valence-electron chi connectivity index (χ3n) is 1.05. The molecule has 0 unspecified atom stereocenters. The summed E-state index contributed by atoms with van der Waals surface area (Å²) in [7, 11) is 0. The fraction of sp³-hybridized carbons (Fsp3) is 0.286. The first-order valence-electron chi connectivity index (χ1n) is 2.80. The van der Waals surface area contributed by atoms with E-state index in [2.05, 4.69) is 18.3 Å². The van der Waals surface area contributed by atoms with Gasteiger partial charge in [-0.15, -0.1) is 0 Å². The number of halogens is 1. The summed E-state index contributed by atoms with van der Waals surface area (Å²) in [6.45, 7) is 8.26. The molecule has 0 aliphatic rings. The van der Waals surface area contributed by atoms with Gasteiger partial charge in [0.05, 0.1) is 6.10 Å². The third-order valence-corrected chi connectivity index (χ3v) is 1.38. The summed E-state index contributed by atoms with van der Waals surface area (Å²) in [6.07, 6.45) is 0.817. The molecular weight excluding hydrogens is 150 g/mol. The van der Waals surface area contributed by atoms with Crippen LogP contribution in [0.15, 0.2) is 28.4 Å². The van der Waals surface area contributed by atoms with E-state index < -0.39 is 6.10 Å². The number of aliphatic imine (C=N–C) groups is 1. The van der Waals surface area contributed by atoms with Crippen molar-refractivity contribution >= 4 is 18.3 Å². The summed E-state index contributed by atoms with van der Waals surface area (Å²) in [5.74, 6) is 0. The van der Waals surface area contributed by atoms with E-state index in [-0.39, 0.29) is 5.16 Å². The van der Waals surface area contributed by atoms with Crippen molar-refractivity contribution in [3.8, 4) is 0 Å². The van der Waals surface area contributed by atoms with Crippen LogP contribution < -0.4 is 0 Å². The molecule has 10 heavy (non-hydrogen) atoms. The molecule has 1 N–H and O–H groups in total. The van der Waals surface area contributed by atoms with Gasteiger partial charge >= 0.3 is 0 Å². The average Bonchev–Trinajstić information content (AvgIpc) is 1.88. The molecule has 0 radical (unpaired) electrons. The van der Waals surface area contributed by atoms with Gasteiger partial charge in [0.1, 0.15) is 5.16 Å². The SMILES string of the molecule is C=C/C(=C(/Cl)N=C)[C@@H](C)O. The summed E-state index contributed by atoms with van der Waals surface area (Å²) in [6, 6.07) is 0. The predicted octanol–water partition coefficient (Wildman–Crippen LogP) is 1.70. The molecule has 0 aromatic rings. The van der Waals surface area contributed by atoms with Gasteiger partial charge in [-0.05, 0) is 13.6 Å². The summed E-state index contributed by atoms with van der Waals surface area (Å²) < 4.78 is 0. The highest BCUT2D eigenvalue weighted by molar-refractivity contribution is 6.30. The normalized spacial score (nSPS) is 15.5. The minimum absolute atomic E-state index is 0.199. The fourth-order valence-corrected chi connectivity index (χ4v) is 0.753. The molecule has 0 amide bonds. The predicted molar refractivity (Wildman–Crippen MR) is 44.3 cm³/mol. The van der Waals surface area contributed by atoms with Crippen LogP contribution in [0.5, 0.6) is 0 Å². The summed E-state index contributed by atoms with van der Waals surface area (Å²) in [5.41, 5.74) is 0.497. The molecule has 0 bridgehead atoms. The van der Waals surface area contributed by atoms with E-state index in [9.17, 15) is 0 Å². The van der Waals surface area contributed by atoms with Crippen molar-refractivity contribution in [1.82, 2.24) is 0 Å². The van der Waals surface area contributed by atoms with E-state index in [1.54, 1.807) is 6.92 Å². The molecule has 2 nitrogen and oxygen atoms in total. The monoisotopic (exact) mass is 159 g/mol. The molecule has 0 aliphatic carbocycles. The Morgan fingerprint density at radius 2 is 2.30 bits per heavy atom. The van der Waals surface area contributed by atoms with Crippen LogP contribution >= 0.6 is 11.6 Å². The first kappa shape index (κ1) is 9.40. The largest absolute Gasteiger partial charge is 0.389 e. The van der Waals surface area contributed by atoms with Crippen LogP contribution in [0.2, 0.25) is 0 Å². The van der Waals surface area contributed by atoms with Gasteiger partial charge in [0.15, 0.2) is 0 Å². The first-order chi connectivity index (χ1) is 4.63. The number of hydrogen-bond donors (Lipinski definition) is 1. The minimum Gasteiger partial charge on any atom is -0.389 e. The van der Waals surface area contributed by atoms with Crippen molar-refractivity contribution in [2.45, 2.75) is 13.0 Å². The van der Waals surface area contributed by atoms with Gasteiger partial charge in [-0.1, -0.05) is 24.3 Å². The molecule has 0 aromatic heterocycles. The van der Waals surface area contributed by atoms with E-state index in [1.165, 1.54) is 6.08 Å². The second-order valence-corrected chi connectivity index (χ2v) is 2.14. The van der Waals surface area contributed by atoms with E-state index in [0.717, 1.165) is 0 Å². The van der Waals surface area contributed by atoms with E-state index in [4.69, 9.17) is 16.7 Å². The summed E-state index contributed by atoms with van der Waals surface area (Å²) in [4.78, 5) is 3.44. The highest BCUT2D eigenvalue weighted by Gasteiger charge is 2.04. The van der Waals surface area contributed by atoms with E-state index in [1.807, 2.05) is 0 Å². The molecule has 0 saturated carbocycles. The second-order valence-electron chi connectivity index (χ2n) is 1.78. The van der Waals surface area contributed by atoms with E-state index >= 15 is 0 Å². The second kappa shape index (κ2) is 4.25. The molecule has 0 rings (SSSR count). The molecule has 0 aliphatic heterocycles. The maximum atomic E-state index is 9.01. The van der Waals surface area contributed by atoms with Crippen LogP contribution in [0.1, 0.15) is 6.92 Å². The number of hydrogen-bond acceptors (Lipinski definition) is 2. The molecule has 1 atom stereocenters. The Kier molecular flexibility index (Phi) is 4.00. The standard InChI is InChI=1S/C7H10ClNO/c1-4-6(5(2)10)7(8)9-3/h4-5,10H,1,3H2,2H3/b7-6+/t5-/m1/s1.